The number of nitrogens with one attached hydrogen (secondary N) is 3. The average Bonchev–Trinajstić information content (AvgIpc) is 3.01. The summed E-state index contributed by atoms with van der Waals surface area (Å²) in [6, 6.07) is 6.02. The number of fused-ring (bicyclic) bond motifs is 1. The first-order valence-corrected chi connectivity index (χ1v) is 15.1. The molecule has 192 valence electrons. The van der Waals surface area contributed by atoms with Gasteiger partial charge in [0.25, 0.3) is 0 Å². The zero-order valence-electron chi connectivity index (χ0n) is 20.1. The number of benzene rings is 1. The van der Waals surface area contributed by atoms with Gasteiger partial charge in [0, 0.05) is 55.2 Å². The van der Waals surface area contributed by atoms with Crippen LogP contribution in [0.25, 0.3) is 0 Å². The molecule has 35 heavy (non-hydrogen) atoms. The molecule has 4 rings (SSSR count). The highest BCUT2D eigenvalue weighted by Crippen LogP contribution is 2.31. The fourth-order valence-electron chi connectivity index (χ4n) is 4.49. The highest BCUT2D eigenvalue weighted by molar-refractivity contribution is 7.99. The van der Waals surface area contributed by atoms with Gasteiger partial charge in [0.1, 0.15) is 5.02 Å². The third-order valence-electron chi connectivity index (χ3n) is 6.18. The van der Waals surface area contributed by atoms with E-state index in [1.54, 1.807) is 13.3 Å². The zero-order valence-corrected chi connectivity index (χ0v) is 22.5. The van der Waals surface area contributed by atoms with E-state index in [9.17, 15) is 8.42 Å². The molecule has 1 aliphatic heterocycles. The van der Waals surface area contributed by atoms with E-state index in [1.165, 1.54) is 16.7 Å². The molecule has 0 amide bonds. The van der Waals surface area contributed by atoms with Crippen molar-refractivity contribution >= 4 is 50.8 Å². The molecule has 1 aromatic heterocycles. The molecule has 2 atom stereocenters. The van der Waals surface area contributed by atoms with Gasteiger partial charge in [-0.2, -0.15) is 4.98 Å². The fraction of sp³-hybridized carbons (Fsp3) is 0.565. The van der Waals surface area contributed by atoms with Crippen LogP contribution in [0.4, 0.5) is 17.5 Å². The van der Waals surface area contributed by atoms with Crippen LogP contribution in [0.5, 0.6) is 0 Å². The van der Waals surface area contributed by atoms with Crippen LogP contribution in [0.3, 0.4) is 0 Å². The summed E-state index contributed by atoms with van der Waals surface area (Å²) in [5, 5.41) is 7.06. The van der Waals surface area contributed by atoms with Gasteiger partial charge in [-0.1, -0.05) is 24.4 Å². The van der Waals surface area contributed by atoms with E-state index in [0.29, 0.717) is 23.4 Å². The Bertz CT molecular complexity index is 1120. The number of rotatable bonds is 9. The van der Waals surface area contributed by atoms with Gasteiger partial charge >= 0.3 is 0 Å². The van der Waals surface area contributed by atoms with Crippen molar-refractivity contribution in [2.45, 2.75) is 49.2 Å². The van der Waals surface area contributed by atoms with Gasteiger partial charge in [0.15, 0.2) is 5.82 Å². The first-order valence-electron chi connectivity index (χ1n) is 11.8. The third kappa shape index (κ3) is 7.68. The second kappa shape index (κ2) is 12.1. The van der Waals surface area contributed by atoms with E-state index >= 15 is 0 Å². The number of anilines is 3. The van der Waals surface area contributed by atoms with Gasteiger partial charge in [0.05, 0.1) is 19.1 Å². The molecular formula is C23H33ClN6O3S2. The van der Waals surface area contributed by atoms with Crippen LogP contribution in [-0.2, 0) is 21.3 Å². The third-order valence-corrected chi connectivity index (χ3v) is 8.29. The van der Waals surface area contributed by atoms with Crippen molar-refractivity contribution in [3.8, 4) is 0 Å². The van der Waals surface area contributed by atoms with E-state index in [2.05, 4.69) is 42.4 Å². The molecule has 3 N–H and O–H groups in total. The summed E-state index contributed by atoms with van der Waals surface area (Å²) in [6.45, 7) is 3.51. The summed E-state index contributed by atoms with van der Waals surface area (Å²) in [6.07, 6.45) is 6.35. The molecule has 0 spiro atoms. The molecule has 0 unspecified atom stereocenters. The summed E-state index contributed by atoms with van der Waals surface area (Å²) < 4.78 is 31.6. The van der Waals surface area contributed by atoms with Gasteiger partial charge in [-0.25, -0.2) is 18.1 Å². The number of methoxy groups -OCH3 is 1. The molecule has 2 aromatic rings. The smallest absolute Gasteiger partial charge is 0.229 e. The van der Waals surface area contributed by atoms with Crippen LogP contribution in [0.1, 0.15) is 31.2 Å². The van der Waals surface area contributed by atoms with Crippen LogP contribution >= 0.6 is 23.4 Å². The second-order valence-corrected chi connectivity index (χ2v) is 12.3. The van der Waals surface area contributed by atoms with Crippen LogP contribution in [0, 0.1) is 0 Å². The minimum absolute atomic E-state index is 0.0960. The molecule has 2 heterocycles. The largest absolute Gasteiger partial charge is 0.383 e. The SMILES string of the molecule is COCCN1CCSc2ccc(Nc3ncc(Cl)c(N[C@@H]4CCCC[C@H]4NS(C)(=O)=O)n3)cc2C1. The van der Waals surface area contributed by atoms with Crippen LogP contribution in [0.2, 0.25) is 5.02 Å². The first-order chi connectivity index (χ1) is 16.8. The van der Waals surface area contributed by atoms with E-state index in [0.717, 1.165) is 56.8 Å². The number of sulfonamides is 1. The Labute approximate surface area is 216 Å². The monoisotopic (exact) mass is 540 g/mol. The van der Waals surface area contributed by atoms with Gasteiger partial charge in [0.2, 0.25) is 16.0 Å². The molecule has 1 aromatic carbocycles. The molecule has 1 saturated carbocycles. The van der Waals surface area contributed by atoms with Crippen molar-refractivity contribution in [1.29, 1.82) is 0 Å². The van der Waals surface area contributed by atoms with Gasteiger partial charge in [-0.3, -0.25) is 4.90 Å². The molecule has 12 heteroatoms. The Morgan fingerprint density at radius 3 is 2.83 bits per heavy atom. The van der Waals surface area contributed by atoms with Crippen molar-refractivity contribution in [1.82, 2.24) is 19.6 Å². The van der Waals surface area contributed by atoms with Crippen LogP contribution in [0.15, 0.2) is 29.3 Å². The van der Waals surface area contributed by atoms with Crippen molar-refractivity contribution in [2.75, 3.05) is 49.4 Å². The molecule has 1 aliphatic carbocycles. The Balaban J connectivity index is 1.48. The molecule has 1 fully saturated rings. The van der Waals surface area contributed by atoms with E-state index < -0.39 is 10.0 Å². The summed E-state index contributed by atoms with van der Waals surface area (Å²) >= 11 is 8.27. The molecule has 9 nitrogen and oxygen atoms in total. The lowest BCUT2D eigenvalue weighted by Crippen LogP contribution is -2.48. The average molecular weight is 541 g/mol. The minimum Gasteiger partial charge on any atom is -0.383 e. The van der Waals surface area contributed by atoms with E-state index in [4.69, 9.17) is 16.3 Å². The Kier molecular flexibility index (Phi) is 9.12. The lowest BCUT2D eigenvalue weighted by molar-refractivity contribution is 0.148. The molecule has 0 radical (unpaired) electrons. The van der Waals surface area contributed by atoms with E-state index in [-0.39, 0.29) is 12.1 Å². The summed E-state index contributed by atoms with van der Waals surface area (Å²) in [5.41, 5.74) is 2.17. The topological polar surface area (TPSA) is 108 Å². The van der Waals surface area contributed by atoms with Crippen LogP contribution in [-0.4, -0.2) is 74.2 Å². The number of ether oxygens (including phenoxy) is 1. The van der Waals surface area contributed by atoms with Crippen molar-refractivity contribution in [2.24, 2.45) is 0 Å². The fourth-order valence-corrected chi connectivity index (χ4v) is 6.51. The van der Waals surface area contributed by atoms with Gasteiger partial charge in [-0.05, 0) is 36.6 Å². The van der Waals surface area contributed by atoms with Gasteiger partial charge in [-0.15, -0.1) is 11.8 Å². The normalized spacial score (nSPS) is 21.2. The molecule has 0 saturated heterocycles. The first kappa shape index (κ1) is 26.4. The standard InChI is InChI=1S/C23H33ClN6O3S2/c1-33-11-9-30-10-12-34-21-8-7-17(13-16(21)15-30)26-23-25-14-18(24)22(28-23)27-19-5-3-4-6-20(19)29-35(2,31)32/h7-8,13-14,19-20,29H,3-6,9-12,15H2,1-2H3,(H2,25,26,27,28)/t19-,20-/m1/s1. The number of aromatic nitrogens is 2. The number of thioether (sulfide) groups is 1. The molecule has 2 aliphatic rings. The highest BCUT2D eigenvalue weighted by atomic mass is 35.5. The lowest BCUT2D eigenvalue weighted by Gasteiger charge is -2.32. The quantitative estimate of drug-likeness (QED) is 0.438. The maximum absolute atomic E-state index is 11.8. The second-order valence-electron chi connectivity index (χ2n) is 8.99. The predicted octanol–water partition coefficient (Wildman–Crippen LogP) is 3.70. The van der Waals surface area contributed by atoms with Crippen LogP contribution < -0.4 is 15.4 Å². The summed E-state index contributed by atoms with van der Waals surface area (Å²) in [4.78, 5) is 12.6. The zero-order chi connectivity index (χ0) is 24.8. The number of hydrogen-bond donors (Lipinski definition) is 3. The number of nitrogens with zero attached hydrogens (tertiary/aromatic N) is 3. The van der Waals surface area contributed by atoms with E-state index in [1.807, 2.05) is 17.8 Å². The number of hydrogen-bond acceptors (Lipinski definition) is 9. The van der Waals surface area contributed by atoms with Gasteiger partial charge < -0.3 is 15.4 Å². The highest BCUT2D eigenvalue weighted by Gasteiger charge is 2.28. The molecular weight excluding hydrogens is 508 g/mol. The summed E-state index contributed by atoms with van der Waals surface area (Å²) in [5.74, 6) is 1.97. The lowest BCUT2D eigenvalue weighted by atomic mass is 9.91. The maximum atomic E-state index is 11.8. The predicted molar refractivity (Wildman–Crippen MR) is 142 cm³/mol. The Morgan fingerprint density at radius 1 is 1.26 bits per heavy atom. The Morgan fingerprint density at radius 2 is 2.06 bits per heavy atom. The van der Waals surface area contributed by atoms with Crippen molar-refractivity contribution < 1.29 is 13.2 Å². The Hall–Kier alpha value is -1.63. The van der Waals surface area contributed by atoms with Crippen molar-refractivity contribution in [3.05, 3.63) is 35.0 Å². The van der Waals surface area contributed by atoms with Crippen molar-refractivity contribution in [3.63, 3.8) is 0 Å². The minimum atomic E-state index is -3.31. The summed E-state index contributed by atoms with van der Waals surface area (Å²) in [7, 11) is -1.58. The molecule has 0 bridgehead atoms. The maximum Gasteiger partial charge on any atom is 0.229 e. The number of halogens is 1.